The number of nitrogens with one attached hydrogen (secondary N) is 2. The average molecular weight is 468 g/mol. The average Bonchev–Trinajstić information content (AvgIpc) is 3.43. The van der Waals surface area contributed by atoms with Gasteiger partial charge >= 0.3 is 0 Å². The molecule has 2 unspecified atom stereocenters. The van der Waals surface area contributed by atoms with Gasteiger partial charge in [-0.05, 0) is 31.3 Å². The summed E-state index contributed by atoms with van der Waals surface area (Å²) in [5.74, 6) is 1.65. The van der Waals surface area contributed by atoms with E-state index in [0.717, 1.165) is 37.0 Å². The fraction of sp³-hybridized carbons (Fsp3) is 0.500. The van der Waals surface area contributed by atoms with Gasteiger partial charge in [-0.1, -0.05) is 6.58 Å². The molecule has 11 nitrogen and oxygen atoms in total. The summed E-state index contributed by atoms with van der Waals surface area (Å²) in [6.07, 6.45) is 6.99. The molecule has 178 valence electrons. The molecule has 7 rings (SSSR count). The number of amides is 1. The van der Waals surface area contributed by atoms with Crippen LogP contribution in [0, 0.1) is 5.92 Å². The maximum Gasteiger partial charge on any atom is 0.256 e. The topological polar surface area (TPSA) is 115 Å². The molecule has 12 heteroatoms. The molecule has 2 N–H and O–H groups in total. The first-order valence-corrected chi connectivity index (χ1v) is 11.3. The molecule has 2 bridgehead atoms. The predicted molar refractivity (Wildman–Crippen MR) is 122 cm³/mol. The summed E-state index contributed by atoms with van der Waals surface area (Å²) in [6.45, 7) is 3.76. The Hall–Kier alpha value is -3.70. The van der Waals surface area contributed by atoms with Gasteiger partial charge in [0.1, 0.15) is 11.9 Å². The van der Waals surface area contributed by atoms with E-state index in [1.807, 2.05) is 10.7 Å². The SMILES string of the molecule is C=CC(=O)NC1CN(c2nc(Nc3cn(C)nc3OC)c3ncc(C45CC(C4)C5)n3n2)CC1F. The molecule has 4 aliphatic rings. The molecule has 1 aliphatic heterocycles. The lowest BCUT2D eigenvalue weighted by molar-refractivity contribution is -0.117. The van der Waals surface area contributed by atoms with E-state index < -0.39 is 18.1 Å². The summed E-state index contributed by atoms with van der Waals surface area (Å²) < 4.78 is 23.6. The number of carbonyl (C=O) groups is 1. The number of anilines is 3. The van der Waals surface area contributed by atoms with Crippen molar-refractivity contribution in [3.05, 3.63) is 30.7 Å². The second kappa shape index (κ2) is 7.40. The van der Waals surface area contributed by atoms with Gasteiger partial charge in [0.15, 0.2) is 11.5 Å². The van der Waals surface area contributed by atoms with Crippen molar-refractivity contribution in [3.63, 3.8) is 0 Å². The first kappa shape index (κ1) is 20.9. The number of fused-ring (bicyclic) bond motifs is 1. The largest absolute Gasteiger partial charge is 0.478 e. The van der Waals surface area contributed by atoms with E-state index in [9.17, 15) is 9.18 Å². The molecule has 2 atom stereocenters. The zero-order valence-electron chi connectivity index (χ0n) is 19.0. The standard InChI is InChI=1S/C22H26FN9O2/c1-4-17(33)25-14-11-31(9-13(14)23)21-27-18(26-15-10-30(2)28-20(15)34-3)19-24-8-16(32(19)29-21)22-5-12(6-22)7-22/h4,8,10,12-14H,1,5-7,9,11H2,2-3H3,(H,25,33)(H,26,27,29). The van der Waals surface area contributed by atoms with E-state index in [2.05, 4.69) is 27.3 Å². The minimum atomic E-state index is -1.25. The first-order chi connectivity index (χ1) is 16.4. The van der Waals surface area contributed by atoms with Crippen LogP contribution in [0.15, 0.2) is 25.0 Å². The maximum absolute atomic E-state index is 14.8. The highest BCUT2D eigenvalue weighted by Crippen LogP contribution is 2.65. The monoisotopic (exact) mass is 467 g/mol. The number of hydrogen-bond donors (Lipinski definition) is 2. The van der Waals surface area contributed by atoms with Crippen molar-refractivity contribution in [1.82, 2.24) is 34.7 Å². The van der Waals surface area contributed by atoms with Gasteiger partial charge in [-0.15, -0.1) is 10.2 Å². The van der Waals surface area contributed by atoms with Crippen LogP contribution in [0.5, 0.6) is 5.88 Å². The van der Waals surface area contributed by atoms with E-state index in [-0.39, 0.29) is 18.5 Å². The first-order valence-electron chi connectivity index (χ1n) is 11.3. The lowest BCUT2D eigenvalue weighted by Gasteiger charge is -2.61. The highest BCUT2D eigenvalue weighted by molar-refractivity contribution is 5.87. The number of alkyl halides is 1. The fourth-order valence-electron chi connectivity index (χ4n) is 5.38. The van der Waals surface area contributed by atoms with Gasteiger partial charge in [-0.3, -0.25) is 9.48 Å². The minimum absolute atomic E-state index is 0.0699. The Labute approximate surface area is 195 Å². The quantitative estimate of drug-likeness (QED) is 0.503. The molecular formula is C22H26FN9O2. The Morgan fingerprint density at radius 3 is 2.79 bits per heavy atom. The van der Waals surface area contributed by atoms with Crippen molar-refractivity contribution >= 4 is 29.0 Å². The summed E-state index contributed by atoms with van der Waals surface area (Å²) in [5.41, 5.74) is 2.39. The number of aryl methyl sites for hydroxylation is 1. The Balaban J connectivity index is 1.40. The minimum Gasteiger partial charge on any atom is -0.478 e. The van der Waals surface area contributed by atoms with Crippen LogP contribution in [0.2, 0.25) is 0 Å². The molecular weight excluding hydrogens is 441 g/mol. The summed E-state index contributed by atoms with van der Waals surface area (Å²) >= 11 is 0. The number of aromatic nitrogens is 6. The van der Waals surface area contributed by atoms with Crippen LogP contribution in [0.25, 0.3) is 5.65 Å². The van der Waals surface area contributed by atoms with Gasteiger partial charge in [-0.2, -0.15) is 4.98 Å². The van der Waals surface area contributed by atoms with E-state index in [1.165, 1.54) is 0 Å². The summed E-state index contributed by atoms with van der Waals surface area (Å²) in [7, 11) is 3.35. The normalized spacial score (nSPS) is 27.3. The number of rotatable bonds is 7. The number of imidazole rings is 1. The summed E-state index contributed by atoms with van der Waals surface area (Å²) in [5, 5.41) is 15.0. The molecule has 34 heavy (non-hydrogen) atoms. The van der Waals surface area contributed by atoms with Crippen molar-refractivity contribution < 1.29 is 13.9 Å². The molecule has 1 amide bonds. The molecule has 4 heterocycles. The van der Waals surface area contributed by atoms with Gasteiger partial charge < -0.3 is 20.3 Å². The zero-order valence-corrected chi connectivity index (χ0v) is 19.0. The lowest BCUT2D eigenvalue weighted by Crippen LogP contribution is -2.55. The van der Waals surface area contributed by atoms with E-state index in [1.54, 1.807) is 29.9 Å². The third kappa shape index (κ3) is 3.11. The highest BCUT2D eigenvalue weighted by atomic mass is 19.1. The summed E-state index contributed by atoms with van der Waals surface area (Å²) in [4.78, 5) is 22.8. The van der Waals surface area contributed by atoms with Gasteiger partial charge in [-0.25, -0.2) is 13.9 Å². The predicted octanol–water partition coefficient (Wildman–Crippen LogP) is 1.49. The third-order valence-corrected chi connectivity index (χ3v) is 7.22. The van der Waals surface area contributed by atoms with Crippen LogP contribution >= 0.6 is 0 Å². The molecule has 3 aromatic rings. The number of ether oxygens (including phenoxy) is 1. The fourth-order valence-corrected chi connectivity index (χ4v) is 5.38. The van der Waals surface area contributed by atoms with Gasteiger partial charge in [0, 0.05) is 19.0 Å². The van der Waals surface area contributed by atoms with Crippen molar-refractivity contribution in [2.75, 3.05) is 30.4 Å². The zero-order chi connectivity index (χ0) is 23.6. The van der Waals surface area contributed by atoms with Gasteiger partial charge in [0.2, 0.25) is 11.9 Å². The van der Waals surface area contributed by atoms with Crippen LogP contribution in [-0.2, 0) is 17.3 Å². The maximum atomic E-state index is 14.8. The smallest absolute Gasteiger partial charge is 0.256 e. The molecule has 4 fully saturated rings. The number of hydrogen-bond acceptors (Lipinski definition) is 8. The molecule has 3 saturated carbocycles. The Bertz CT molecular complexity index is 1280. The van der Waals surface area contributed by atoms with E-state index >= 15 is 0 Å². The molecule has 1 saturated heterocycles. The van der Waals surface area contributed by atoms with Crippen LogP contribution in [0.4, 0.5) is 21.8 Å². The Morgan fingerprint density at radius 1 is 1.32 bits per heavy atom. The van der Waals surface area contributed by atoms with Gasteiger partial charge in [0.05, 0.1) is 37.8 Å². The number of halogens is 1. The van der Waals surface area contributed by atoms with Crippen molar-refractivity contribution in [2.45, 2.75) is 36.9 Å². The van der Waals surface area contributed by atoms with Crippen LogP contribution in [-0.4, -0.2) is 67.7 Å². The number of nitrogens with zero attached hydrogens (tertiary/aromatic N) is 7. The van der Waals surface area contributed by atoms with Gasteiger partial charge in [0.25, 0.3) is 5.88 Å². The summed E-state index contributed by atoms with van der Waals surface area (Å²) in [6, 6.07) is -0.667. The van der Waals surface area contributed by atoms with Crippen LogP contribution in [0.1, 0.15) is 25.0 Å². The van der Waals surface area contributed by atoms with Crippen LogP contribution in [0.3, 0.4) is 0 Å². The van der Waals surface area contributed by atoms with Crippen molar-refractivity contribution in [3.8, 4) is 5.88 Å². The van der Waals surface area contributed by atoms with Crippen molar-refractivity contribution in [2.24, 2.45) is 13.0 Å². The number of methoxy groups -OCH3 is 1. The molecule has 0 spiro atoms. The molecule has 0 radical (unpaired) electrons. The third-order valence-electron chi connectivity index (χ3n) is 7.22. The van der Waals surface area contributed by atoms with E-state index in [4.69, 9.17) is 14.8 Å². The highest BCUT2D eigenvalue weighted by Gasteiger charge is 2.59. The van der Waals surface area contributed by atoms with Crippen molar-refractivity contribution in [1.29, 1.82) is 0 Å². The molecule has 3 aliphatic carbocycles. The number of carbonyl (C=O) groups excluding carboxylic acids is 1. The molecule has 0 aromatic carbocycles. The Kier molecular flexibility index (Phi) is 4.55. The van der Waals surface area contributed by atoms with E-state index in [0.29, 0.717) is 29.0 Å². The molecule has 3 aromatic heterocycles. The Morgan fingerprint density at radius 2 is 2.12 bits per heavy atom. The second-order valence-electron chi connectivity index (χ2n) is 9.49. The van der Waals surface area contributed by atoms with Crippen LogP contribution < -0.4 is 20.3 Å². The second-order valence-corrected chi connectivity index (χ2v) is 9.49. The lowest BCUT2D eigenvalue weighted by atomic mass is 9.43.